The van der Waals surface area contributed by atoms with Crippen molar-refractivity contribution in [2.75, 3.05) is 11.4 Å². The van der Waals surface area contributed by atoms with Gasteiger partial charge in [-0.05, 0) is 44.6 Å². The maximum absolute atomic E-state index is 13.9. The predicted molar refractivity (Wildman–Crippen MR) is 79.9 cm³/mol. The van der Waals surface area contributed by atoms with Crippen LogP contribution in [0.25, 0.3) is 10.9 Å². The minimum Gasteiger partial charge on any atom is -0.353 e. The van der Waals surface area contributed by atoms with Crippen molar-refractivity contribution in [3.8, 4) is 0 Å². The summed E-state index contributed by atoms with van der Waals surface area (Å²) in [5.74, 6) is 1.50. The van der Waals surface area contributed by atoms with Gasteiger partial charge in [0.1, 0.15) is 5.82 Å². The van der Waals surface area contributed by atoms with Crippen LogP contribution in [0.5, 0.6) is 0 Å². The normalized spacial score (nSPS) is 24.8. The number of anilines is 1. The Hall–Kier alpha value is -1.78. The Kier molecular flexibility index (Phi) is 2.84. The van der Waals surface area contributed by atoms with Crippen molar-refractivity contribution in [3.05, 3.63) is 23.5 Å². The van der Waals surface area contributed by atoms with Gasteiger partial charge < -0.3 is 4.90 Å². The molecule has 5 heteroatoms. The highest BCUT2D eigenvalue weighted by atomic mass is 19.1. The maximum atomic E-state index is 13.9. The SMILES string of the molecule is Cc1ncc2c(N3CCCCC4CC43)nc(F)nc2c1C. The van der Waals surface area contributed by atoms with Gasteiger partial charge in [0.15, 0.2) is 0 Å². The molecule has 1 aliphatic heterocycles. The highest BCUT2D eigenvalue weighted by Crippen LogP contribution is 2.44. The van der Waals surface area contributed by atoms with Gasteiger partial charge in [0, 0.05) is 24.5 Å². The van der Waals surface area contributed by atoms with Crippen molar-refractivity contribution >= 4 is 16.7 Å². The number of aryl methyl sites for hydroxylation is 2. The lowest BCUT2D eigenvalue weighted by molar-refractivity contribution is 0.541. The van der Waals surface area contributed by atoms with Gasteiger partial charge in [-0.3, -0.25) is 4.98 Å². The van der Waals surface area contributed by atoms with Gasteiger partial charge in [0.2, 0.25) is 0 Å². The molecule has 2 atom stereocenters. The Morgan fingerprint density at radius 2 is 2.10 bits per heavy atom. The van der Waals surface area contributed by atoms with Crippen LogP contribution in [0.1, 0.15) is 36.9 Å². The lowest BCUT2D eigenvalue weighted by atomic mass is 10.1. The molecular formula is C16H19FN4. The molecule has 4 rings (SSSR count). The van der Waals surface area contributed by atoms with Crippen molar-refractivity contribution < 1.29 is 4.39 Å². The summed E-state index contributed by atoms with van der Waals surface area (Å²) >= 11 is 0. The Labute approximate surface area is 123 Å². The first-order valence-electron chi connectivity index (χ1n) is 7.71. The third kappa shape index (κ3) is 2.06. The molecule has 0 aromatic carbocycles. The van der Waals surface area contributed by atoms with Crippen LogP contribution in [-0.4, -0.2) is 27.5 Å². The minimum absolute atomic E-state index is 0.534. The van der Waals surface area contributed by atoms with Crippen LogP contribution in [0.15, 0.2) is 6.20 Å². The second-order valence-electron chi connectivity index (χ2n) is 6.30. The molecule has 2 aromatic rings. The maximum Gasteiger partial charge on any atom is 0.311 e. The molecule has 3 heterocycles. The fraction of sp³-hybridized carbons (Fsp3) is 0.562. The largest absolute Gasteiger partial charge is 0.353 e. The quantitative estimate of drug-likeness (QED) is 0.755. The van der Waals surface area contributed by atoms with Crippen molar-refractivity contribution in [1.29, 1.82) is 0 Å². The van der Waals surface area contributed by atoms with Crippen LogP contribution in [0.3, 0.4) is 0 Å². The Bertz CT molecular complexity index is 715. The van der Waals surface area contributed by atoms with Crippen molar-refractivity contribution in [2.24, 2.45) is 5.92 Å². The Morgan fingerprint density at radius 1 is 1.24 bits per heavy atom. The molecule has 1 aliphatic carbocycles. The third-order valence-electron chi connectivity index (χ3n) is 4.97. The molecular weight excluding hydrogens is 267 g/mol. The molecule has 2 unspecified atom stereocenters. The number of pyridine rings is 1. The lowest BCUT2D eigenvalue weighted by Gasteiger charge is -2.24. The average molecular weight is 286 g/mol. The van der Waals surface area contributed by atoms with Gasteiger partial charge in [-0.2, -0.15) is 9.37 Å². The van der Waals surface area contributed by atoms with Crippen molar-refractivity contribution in [2.45, 2.75) is 45.6 Å². The molecule has 2 fully saturated rings. The van der Waals surface area contributed by atoms with E-state index in [1.807, 2.05) is 13.8 Å². The molecule has 0 bridgehead atoms. The van der Waals surface area contributed by atoms with Crippen LogP contribution in [0.2, 0.25) is 0 Å². The molecule has 0 radical (unpaired) electrons. The van der Waals surface area contributed by atoms with Crippen LogP contribution in [0, 0.1) is 25.8 Å². The molecule has 4 nitrogen and oxygen atoms in total. The van der Waals surface area contributed by atoms with Gasteiger partial charge in [0.25, 0.3) is 0 Å². The predicted octanol–water partition coefficient (Wildman–Crippen LogP) is 3.16. The first-order valence-corrected chi connectivity index (χ1v) is 7.71. The van der Waals surface area contributed by atoms with Gasteiger partial charge in [-0.1, -0.05) is 6.42 Å². The summed E-state index contributed by atoms with van der Waals surface area (Å²) in [5.41, 5.74) is 2.54. The zero-order valence-corrected chi connectivity index (χ0v) is 12.4. The summed E-state index contributed by atoms with van der Waals surface area (Å²) < 4.78 is 13.9. The number of aromatic nitrogens is 3. The van der Waals surface area contributed by atoms with E-state index in [1.54, 1.807) is 6.20 Å². The highest BCUT2D eigenvalue weighted by Gasteiger charge is 2.43. The minimum atomic E-state index is -0.632. The zero-order chi connectivity index (χ0) is 14.6. The molecule has 0 amide bonds. The second-order valence-corrected chi connectivity index (χ2v) is 6.30. The Balaban J connectivity index is 1.90. The standard InChI is InChI=1S/C16H19FN4/c1-9-10(2)18-8-12-14(9)19-16(17)20-15(12)21-6-4-3-5-11-7-13(11)21/h8,11,13H,3-7H2,1-2H3. The molecule has 21 heavy (non-hydrogen) atoms. The zero-order valence-electron chi connectivity index (χ0n) is 12.4. The third-order valence-corrected chi connectivity index (χ3v) is 4.97. The summed E-state index contributed by atoms with van der Waals surface area (Å²) in [6.45, 7) is 4.83. The lowest BCUT2D eigenvalue weighted by Crippen LogP contribution is -2.28. The summed E-state index contributed by atoms with van der Waals surface area (Å²) in [6.07, 6.45) is 6.09. The van der Waals surface area contributed by atoms with E-state index in [2.05, 4.69) is 19.9 Å². The average Bonchev–Trinajstić information content (AvgIpc) is 3.22. The van der Waals surface area contributed by atoms with E-state index >= 15 is 0 Å². The molecule has 0 N–H and O–H groups in total. The monoisotopic (exact) mass is 286 g/mol. The van der Waals surface area contributed by atoms with Crippen molar-refractivity contribution in [1.82, 2.24) is 15.0 Å². The van der Waals surface area contributed by atoms with E-state index in [0.717, 1.165) is 41.3 Å². The number of fused-ring (bicyclic) bond motifs is 2. The number of hydrogen-bond acceptors (Lipinski definition) is 4. The summed E-state index contributed by atoms with van der Waals surface area (Å²) in [4.78, 5) is 14.8. The summed E-state index contributed by atoms with van der Waals surface area (Å²) in [6, 6.07) is 0.534. The van der Waals surface area contributed by atoms with Crippen LogP contribution in [0.4, 0.5) is 10.2 Å². The molecule has 1 saturated heterocycles. The van der Waals surface area contributed by atoms with Crippen LogP contribution < -0.4 is 4.90 Å². The van der Waals surface area contributed by atoms with Gasteiger partial charge in [-0.15, -0.1) is 0 Å². The van der Waals surface area contributed by atoms with E-state index in [-0.39, 0.29) is 0 Å². The molecule has 2 aromatic heterocycles. The van der Waals surface area contributed by atoms with Gasteiger partial charge in [0.05, 0.1) is 10.9 Å². The van der Waals surface area contributed by atoms with E-state index in [9.17, 15) is 4.39 Å². The first-order chi connectivity index (χ1) is 10.1. The van der Waals surface area contributed by atoms with E-state index < -0.39 is 6.08 Å². The fourth-order valence-electron chi connectivity index (χ4n) is 3.53. The van der Waals surface area contributed by atoms with E-state index in [1.165, 1.54) is 19.3 Å². The summed E-state index contributed by atoms with van der Waals surface area (Å²) in [7, 11) is 0. The first kappa shape index (κ1) is 12.9. The topological polar surface area (TPSA) is 41.9 Å². The van der Waals surface area contributed by atoms with E-state index in [0.29, 0.717) is 11.6 Å². The second kappa shape index (κ2) is 4.61. The number of nitrogens with zero attached hydrogens (tertiary/aromatic N) is 4. The van der Waals surface area contributed by atoms with Gasteiger partial charge in [-0.25, -0.2) is 4.98 Å². The number of hydrogen-bond donors (Lipinski definition) is 0. The summed E-state index contributed by atoms with van der Waals surface area (Å²) in [5, 5.41) is 0.882. The van der Waals surface area contributed by atoms with E-state index in [4.69, 9.17) is 0 Å². The number of halogens is 1. The van der Waals surface area contributed by atoms with Crippen LogP contribution in [-0.2, 0) is 0 Å². The fourth-order valence-corrected chi connectivity index (χ4v) is 3.53. The highest BCUT2D eigenvalue weighted by molar-refractivity contribution is 5.91. The molecule has 2 aliphatic rings. The van der Waals surface area contributed by atoms with Gasteiger partial charge >= 0.3 is 6.08 Å². The Morgan fingerprint density at radius 3 is 2.95 bits per heavy atom. The smallest absolute Gasteiger partial charge is 0.311 e. The van der Waals surface area contributed by atoms with Crippen molar-refractivity contribution in [3.63, 3.8) is 0 Å². The molecule has 0 spiro atoms. The molecule has 1 saturated carbocycles. The number of rotatable bonds is 1. The van der Waals surface area contributed by atoms with Crippen LogP contribution >= 0.6 is 0 Å². The molecule has 110 valence electrons.